The summed E-state index contributed by atoms with van der Waals surface area (Å²) in [6.07, 6.45) is 82.4. The van der Waals surface area contributed by atoms with Gasteiger partial charge in [0.15, 0.2) is 6.10 Å². The summed E-state index contributed by atoms with van der Waals surface area (Å²) in [6.45, 7) is 6.74. The second-order valence-electron chi connectivity index (χ2n) is 24.9. The van der Waals surface area contributed by atoms with Gasteiger partial charge in [-0.3, -0.25) is 14.4 Å². The molecule has 0 heterocycles. The molecule has 0 rings (SSSR count). The molecule has 0 aliphatic heterocycles. The van der Waals surface area contributed by atoms with Crippen LogP contribution in [0.2, 0.25) is 0 Å². The van der Waals surface area contributed by atoms with Crippen molar-refractivity contribution < 1.29 is 28.6 Å². The zero-order valence-corrected chi connectivity index (χ0v) is 53.9. The number of hydrogen-bond donors (Lipinski definition) is 0. The highest BCUT2D eigenvalue weighted by molar-refractivity contribution is 5.71. The third-order valence-electron chi connectivity index (χ3n) is 16.8. The van der Waals surface area contributed by atoms with Crippen molar-refractivity contribution in [2.75, 3.05) is 13.2 Å². The van der Waals surface area contributed by atoms with E-state index in [9.17, 15) is 14.4 Å². The molecule has 0 fully saturated rings. The highest BCUT2D eigenvalue weighted by Gasteiger charge is 2.20. The van der Waals surface area contributed by atoms with Gasteiger partial charge in [0, 0.05) is 19.3 Å². The van der Waals surface area contributed by atoms with E-state index in [1.54, 1.807) is 0 Å². The Morgan fingerprint density at radius 3 is 0.633 bits per heavy atom. The van der Waals surface area contributed by atoms with E-state index in [1.807, 2.05) is 0 Å². The predicted molar refractivity (Wildman–Crippen MR) is 344 cm³/mol. The van der Waals surface area contributed by atoms with Gasteiger partial charge in [0.05, 0.1) is 0 Å². The van der Waals surface area contributed by atoms with E-state index >= 15 is 0 Å². The quantitative estimate of drug-likeness (QED) is 0.0261. The molecule has 468 valence electrons. The van der Waals surface area contributed by atoms with Crippen molar-refractivity contribution in [1.82, 2.24) is 0 Å². The van der Waals surface area contributed by atoms with Crippen molar-refractivity contribution in [3.05, 3.63) is 12.2 Å². The molecule has 6 nitrogen and oxygen atoms in total. The number of ether oxygens (including phenoxy) is 3. The molecule has 0 unspecified atom stereocenters. The molecule has 0 bridgehead atoms. The largest absolute Gasteiger partial charge is 0.462 e. The molecule has 0 aromatic carbocycles. The van der Waals surface area contributed by atoms with E-state index < -0.39 is 6.10 Å². The maximum atomic E-state index is 13.0. The minimum absolute atomic E-state index is 0.0625. The molecule has 0 aliphatic carbocycles. The average molecular weight is 1110 g/mol. The maximum Gasteiger partial charge on any atom is 0.306 e. The predicted octanol–water partition coefficient (Wildman–Crippen LogP) is 24.8. The van der Waals surface area contributed by atoms with Crippen LogP contribution in [0.3, 0.4) is 0 Å². The van der Waals surface area contributed by atoms with Crippen LogP contribution in [0.1, 0.15) is 419 Å². The summed E-state index contributed by atoms with van der Waals surface area (Å²) >= 11 is 0. The van der Waals surface area contributed by atoms with Gasteiger partial charge in [0.2, 0.25) is 0 Å². The van der Waals surface area contributed by atoms with Gasteiger partial charge in [0.1, 0.15) is 13.2 Å². The molecule has 0 spiro atoms. The van der Waals surface area contributed by atoms with Crippen LogP contribution < -0.4 is 0 Å². The molecule has 79 heavy (non-hydrogen) atoms. The fourth-order valence-electron chi connectivity index (χ4n) is 11.3. The Labute approximate surface area is 494 Å². The van der Waals surface area contributed by atoms with Gasteiger partial charge in [-0.2, -0.15) is 0 Å². The van der Waals surface area contributed by atoms with Crippen LogP contribution in [0.25, 0.3) is 0 Å². The zero-order valence-electron chi connectivity index (χ0n) is 53.9. The Morgan fingerprint density at radius 2 is 0.418 bits per heavy atom. The van der Waals surface area contributed by atoms with Crippen molar-refractivity contribution >= 4 is 17.9 Å². The zero-order chi connectivity index (χ0) is 57.1. The first-order chi connectivity index (χ1) is 39.0. The van der Waals surface area contributed by atoms with Crippen LogP contribution in [0.5, 0.6) is 0 Å². The molecule has 0 aromatic heterocycles. The molecular formula is C73H140O6. The number of esters is 3. The third kappa shape index (κ3) is 66.8. The first-order valence-electron chi connectivity index (χ1n) is 36.2. The Balaban J connectivity index is 4.28. The van der Waals surface area contributed by atoms with Crippen LogP contribution in [-0.2, 0) is 28.6 Å². The fourth-order valence-corrected chi connectivity index (χ4v) is 11.3. The Hall–Kier alpha value is -1.85. The Morgan fingerprint density at radius 1 is 0.241 bits per heavy atom. The lowest BCUT2D eigenvalue weighted by Gasteiger charge is -2.18. The molecule has 1 atom stereocenters. The second kappa shape index (κ2) is 68.6. The van der Waals surface area contributed by atoms with E-state index in [4.69, 9.17) is 14.2 Å². The summed E-state index contributed by atoms with van der Waals surface area (Å²) in [5.74, 6) is -0.824. The molecule has 0 saturated carbocycles. The first kappa shape index (κ1) is 77.2. The highest BCUT2D eigenvalue weighted by atomic mass is 16.6. The molecule has 0 aliphatic rings. The van der Waals surface area contributed by atoms with Crippen molar-refractivity contribution in [2.24, 2.45) is 0 Å². The van der Waals surface area contributed by atoms with Crippen molar-refractivity contribution in [2.45, 2.75) is 425 Å². The normalized spacial score (nSPS) is 12.0. The van der Waals surface area contributed by atoms with Crippen molar-refractivity contribution in [1.29, 1.82) is 0 Å². The van der Waals surface area contributed by atoms with Crippen LogP contribution >= 0.6 is 0 Å². The summed E-state index contributed by atoms with van der Waals surface area (Å²) in [5.41, 5.74) is 0. The maximum absolute atomic E-state index is 13.0. The standard InChI is InChI=1S/C73H140O6/c1-4-7-10-13-16-19-22-25-28-31-34-36-39-41-44-47-50-53-56-59-62-65-71(74)77-68-70(79-73(76)67-64-61-58-55-52-49-46-43-38-33-30-27-24-21-18-15-12-9-6-3)69-78-72(75)66-63-60-57-54-51-48-45-42-40-37-35-32-29-26-23-20-17-14-11-8-5-2/h25,28,70H,4-24,26-27,29-69H2,1-3H3/b28-25-/t70-/m1/s1. The van der Waals surface area contributed by atoms with Gasteiger partial charge in [-0.15, -0.1) is 0 Å². The number of hydrogen-bond acceptors (Lipinski definition) is 6. The number of carbonyl (C=O) groups excluding carboxylic acids is 3. The van der Waals surface area contributed by atoms with E-state index in [1.165, 1.54) is 321 Å². The van der Waals surface area contributed by atoms with E-state index in [-0.39, 0.29) is 31.1 Å². The van der Waals surface area contributed by atoms with Gasteiger partial charge in [-0.25, -0.2) is 0 Å². The van der Waals surface area contributed by atoms with Crippen LogP contribution in [0.4, 0.5) is 0 Å². The van der Waals surface area contributed by atoms with Gasteiger partial charge >= 0.3 is 17.9 Å². The lowest BCUT2D eigenvalue weighted by Crippen LogP contribution is -2.30. The summed E-state index contributed by atoms with van der Waals surface area (Å²) < 4.78 is 17.0. The summed E-state index contributed by atoms with van der Waals surface area (Å²) in [4.78, 5) is 38.5. The van der Waals surface area contributed by atoms with Crippen molar-refractivity contribution in [3.8, 4) is 0 Å². The van der Waals surface area contributed by atoms with Crippen LogP contribution in [-0.4, -0.2) is 37.2 Å². The van der Waals surface area contributed by atoms with E-state index in [0.29, 0.717) is 19.3 Å². The molecule has 0 saturated heterocycles. The lowest BCUT2D eigenvalue weighted by molar-refractivity contribution is -0.167. The summed E-state index contributed by atoms with van der Waals surface area (Å²) in [6, 6.07) is 0. The number of carbonyl (C=O) groups is 3. The number of allylic oxidation sites excluding steroid dienone is 2. The molecule has 0 radical (unpaired) electrons. The van der Waals surface area contributed by atoms with Crippen LogP contribution in [0.15, 0.2) is 12.2 Å². The smallest absolute Gasteiger partial charge is 0.306 e. The SMILES string of the molecule is CCCCCCCC/C=C\CCCCCCCCCCCCCC(=O)OC[C@H](COC(=O)CCCCCCCCCCCCCCCCCCCCCCC)OC(=O)CCCCCCCCCCCCCCCCCCCCC. The lowest BCUT2D eigenvalue weighted by atomic mass is 10.0. The Bertz CT molecular complexity index is 1230. The molecule has 0 aromatic rings. The van der Waals surface area contributed by atoms with E-state index in [0.717, 1.165) is 57.8 Å². The van der Waals surface area contributed by atoms with Gasteiger partial charge in [-0.05, 0) is 44.9 Å². The average Bonchev–Trinajstić information content (AvgIpc) is 3.45. The second-order valence-corrected chi connectivity index (χ2v) is 24.9. The third-order valence-corrected chi connectivity index (χ3v) is 16.8. The topological polar surface area (TPSA) is 78.9 Å². The molecule has 6 heteroatoms. The molecular weight excluding hydrogens is 973 g/mol. The number of rotatable bonds is 68. The first-order valence-corrected chi connectivity index (χ1v) is 36.2. The summed E-state index contributed by atoms with van der Waals surface area (Å²) in [5, 5.41) is 0. The minimum atomic E-state index is -0.767. The monoisotopic (exact) mass is 1110 g/mol. The van der Waals surface area contributed by atoms with Gasteiger partial charge in [0.25, 0.3) is 0 Å². The summed E-state index contributed by atoms with van der Waals surface area (Å²) in [7, 11) is 0. The minimum Gasteiger partial charge on any atom is -0.462 e. The highest BCUT2D eigenvalue weighted by Crippen LogP contribution is 2.19. The molecule has 0 amide bonds. The Kier molecular flexibility index (Phi) is 67.0. The van der Waals surface area contributed by atoms with Gasteiger partial charge in [-0.1, -0.05) is 367 Å². The van der Waals surface area contributed by atoms with Gasteiger partial charge < -0.3 is 14.2 Å². The number of unbranched alkanes of at least 4 members (excludes halogenated alkanes) is 55. The van der Waals surface area contributed by atoms with E-state index in [2.05, 4.69) is 32.9 Å². The fraction of sp³-hybridized carbons (Fsp3) is 0.932. The van der Waals surface area contributed by atoms with Crippen LogP contribution in [0, 0.1) is 0 Å². The van der Waals surface area contributed by atoms with Crippen molar-refractivity contribution in [3.63, 3.8) is 0 Å². The molecule has 0 N–H and O–H groups in total.